The zero-order chi connectivity index (χ0) is 13.0. The van der Waals surface area contributed by atoms with Crippen molar-refractivity contribution in [2.75, 3.05) is 25.2 Å². The lowest BCUT2D eigenvalue weighted by Gasteiger charge is -2.13. The molecule has 0 aromatic heterocycles. The molecule has 0 amide bonds. The summed E-state index contributed by atoms with van der Waals surface area (Å²) in [5.41, 5.74) is 16.7. The minimum absolute atomic E-state index is 0.647. The first-order valence-corrected chi connectivity index (χ1v) is 5.94. The summed E-state index contributed by atoms with van der Waals surface area (Å²) < 4.78 is 5.14. The molecule has 2 aromatic rings. The van der Waals surface area contributed by atoms with E-state index in [9.17, 15) is 0 Å². The van der Waals surface area contributed by atoms with Crippen molar-refractivity contribution in [3.05, 3.63) is 48.0 Å². The van der Waals surface area contributed by atoms with E-state index in [0.717, 1.165) is 28.8 Å². The Hall–Kier alpha value is -2.00. The van der Waals surface area contributed by atoms with Crippen LogP contribution in [0.3, 0.4) is 0 Å². The number of hydrogen-bond donors (Lipinski definition) is 2. The summed E-state index contributed by atoms with van der Waals surface area (Å²) in [6.07, 6.45) is 0.785. The fourth-order valence-electron chi connectivity index (χ4n) is 2.08. The Kier molecular flexibility index (Phi) is 3.85. The number of hydrogen-bond acceptors (Lipinski definition) is 3. The molecule has 0 fully saturated rings. The standard InChI is InChI=1S/C15H18N2O/c1-18-8-7-13-14(9-12(16)10-15(13)17)11-5-3-2-4-6-11/h2-6,9-10H,7-8,16-17H2,1H3. The van der Waals surface area contributed by atoms with E-state index < -0.39 is 0 Å². The highest BCUT2D eigenvalue weighted by Crippen LogP contribution is 2.30. The molecule has 0 radical (unpaired) electrons. The largest absolute Gasteiger partial charge is 0.399 e. The van der Waals surface area contributed by atoms with Crippen LogP contribution in [-0.4, -0.2) is 13.7 Å². The lowest BCUT2D eigenvalue weighted by Crippen LogP contribution is -2.03. The molecule has 3 nitrogen and oxygen atoms in total. The molecule has 4 N–H and O–H groups in total. The molecule has 2 aromatic carbocycles. The minimum Gasteiger partial charge on any atom is -0.399 e. The number of nitrogen functional groups attached to an aromatic ring is 2. The maximum absolute atomic E-state index is 6.06. The normalized spacial score (nSPS) is 10.5. The third-order valence-electron chi connectivity index (χ3n) is 2.95. The first-order chi connectivity index (χ1) is 8.72. The predicted molar refractivity (Wildman–Crippen MR) is 76.3 cm³/mol. The number of anilines is 2. The number of ether oxygens (including phenoxy) is 1. The Morgan fingerprint density at radius 1 is 1.06 bits per heavy atom. The molecule has 3 heteroatoms. The highest BCUT2D eigenvalue weighted by molar-refractivity contribution is 5.77. The van der Waals surface area contributed by atoms with Gasteiger partial charge in [0.1, 0.15) is 0 Å². The van der Waals surface area contributed by atoms with Crippen LogP contribution in [0.4, 0.5) is 11.4 Å². The van der Waals surface area contributed by atoms with Crippen LogP contribution in [-0.2, 0) is 11.2 Å². The molecule has 0 bridgehead atoms. The SMILES string of the molecule is COCCc1c(N)cc(N)cc1-c1ccccc1. The molecule has 94 valence electrons. The number of nitrogens with two attached hydrogens (primary N) is 2. The summed E-state index contributed by atoms with van der Waals surface area (Å²) in [6, 6.07) is 13.9. The van der Waals surface area contributed by atoms with Gasteiger partial charge in [0.15, 0.2) is 0 Å². The van der Waals surface area contributed by atoms with Gasteiger partial charge in [0.05, 0.1) is 6.61 Å². The fourth-order valence-corrected chi connectivity index (χ4v) is 2.08. The van der Waals surface area contributed by atoms with Crippen molar-refractivity contribution in [3.63, 3.8) is 0 Å². The smallest absolute Gasteiger partial charge is 0.0503 e. The molecule has 0 saturated heterocycles. The van der Waals surface area contributed by atoms with E-state index in [1.165, 1.54) is 0 Å². The van der Waals surface area contributed by atoms with Crippen molar-refractivity contribution in [2.45, 2.75) is 6.42 Å². The van der Waals surface area contributed by atoms with E-state index in [4.69, 9.17) is 16.2 Å². The van der Waals surface area contributed by atoms with Crippen molar-refractivity contribution in [1.82, 2.24) is 0 Å². The average Bonchev–Trinajstić information content (AvgIpc) is 2.38. The summed E-state index contributed by atoms with van der Waals surface area (Å²) in [4.78, 5) is 0. The van der Waals surface area contributed by atoms with Gasteiger partial charge in [-0.2, -0.15) is 0 Å². The van der Waals surface area contributed by atoms with Crippen LogP contribution < -0.4 is 11.5 Å². The van der Waals surface area contributed by atoms with Crippen molar-refractivity contribution in [1.29, 1.82) is 0 Å². The molecule has 0 aliphatic heterocycles. The molecule has 0 spiro atoms. The summed E-state index contributed by atoms with van der Waals surface area (Å²) in [6.45, 7) is 0.647. The van der Waals surface area contributed by atoms with Crippen LogP contribution in [0.1, 0.15) is 5.56 Å². The van der Waals surface area contributed by atoms with Crippen molar-refractivity contribution < 1.29 is 4.74 Å². The van der Waals surface area contributed by atoms with Gasteiger partial charge >= 0.3 is 0 Å². The average molecular weight is 242 g/mol. The molecule has 0 aliphatic rings. The van der Waals surface area contributed by atoms with Crippen LogP contribution in [0.2, 0.25) is 0 Å². The van der Waals surface area contributed by atoms with Crippen LogP contribution in [0.25, 0.3) is 11.1 Å². The zero-order valence-corrected chi connectivity index (χ0v) is 10.5. The molecule has 0 unspecified atom stereocenters. The van der Waals surface area contributed by atoms with Crippen molar-refractivity contribution in [3.8, 4) is 11.1 Å². The lowest BCUT2D eigenvalue weighted by molar-refractivity contribution is 0.202. The Morgan fingerprint density at radius 3 is 2.44 bits per heavy atom. The molecule has 0 aliphatic carbocycles. The molecular weight excluding hydrogens is 224 g/mol. The molecule has 18 heavy (non-hydrogen) atoms. The van der Waals surface area contributed by atoms with Crippen LogP contribution in [0.15, 0.2) is 42.5 Å². The van der Waals surface area contributed by atoms with Gasteiger partial charge in [0.2, 0.25) is 0 Å². The topological polar surface area (TPSA) is 61.3 Å². The molecular formula is C15H18N2O. The summed E-state index contributed by atoms with van der Waals surface area (Å²) >= 11 is 0. The Morgan fingerprint density at radius 2 is 1.78 bits per heavy atom. The van der Waals surface area contributed by atoms with Crippen molar-refractivity contribution >= 4 is 11.4 Å². The third-order valence-corrected chi connectivity index (χ3v) is 2.95. The summed E-state index contributed by atoms with van der Waals surface area (Å²) in [5, 5.41) is 0. The maximum Gasteiger partial charge on any atom is 0.0503 e. The summed E-state index contributed by atoms with van der Waals surface area (Å²) in [5.74, 6) is 0. The fraction of sp³-hybridized carbons (Fsp3) is 0.200. The highest BCUT2D eigenvalue weighted by atomic mass is 16.5. The summed E-state index contributed by atoms with van der Waals surface area (Å²) in [7, 11) is 1.69. The molecule has 0 saturated carbocycles. The second-order valence-electron chi connectivity index (χ2n) is 4.25. The zero-order valence-electron chi connectivity index (χ0n) is 10.5. The van der Waals surface area contributed by atoms with E-state index in [1.54, 1.807) is 13.2 Å². The number of benzene rings is 2. The maximum atomic E-state index is 6.06. The first kappa shape index (κ1) is 12.5. The van der Waals surface area contributed by atoms with E-state index in [-0.39, 0.29) is 0 Å². The van der Waals surface area contributed by atoms with Gasteiger partial charge in [-0.1, -0.05) is 30.3 Å². The van der Waals surface area contributed by atoms with Gasteiger partial charge in [-0.15, -0.1) is 0 Å². The second kappa shape index (κ2) is 5.56. The minimum atomic E-state index is 0.647. The highest BCUT2D eigenvalue weighted by Gasteiger charge is 2.09. The Bertz CT molecular complexity index is 524. The first-order valence-electron chi connectivity index (χ1n) is 5.94. The molecule has 2 rings (SSSR count). The number of methoxy groups -OCH3 is 1. The van der Waals surface area contributed by atoms with Crippen LogP contribution >= 0.6 is 0 Å². The van der Waals surface area contributed by atoms with Gasteiger partial charge in [-0.05, 0) is 35.2 Å². The van der Waals surface area contributed by atoms with Gasteiger partial charge in [0.25, 0.3) is 0 Å². The Labute approximate surface area is 107 Å². The van der Waals surface area contributed by atoms with Gasteiger partial charge in [-0.3, -0.25) is 0 Å². The number of rotatable bonds is 4. The van der Waals surface area contributed by atoms with Crippen LogP contribution in [0.5, 0.6) is 0 Å². The predicted octanol–water partition coefficient (Wildman–Crippen LogP) is 2.71. The van der Waals surface area contributed by atoms with E-state index >= 15 is 0 Å². The lowest BCUT2D eigenvalue weighted by atomic mass is 9.95. The molecule has 0 atom stereocenters. The van der Waals surface area contributed by atoms with Crippen molar-refractivity contribution in [2.24, 2.45) is 0 Å². The quantitative estimate of drug-likeness (QED) is 0.810. The second-order valence-corrected chi connectivity index (χ2v) is 4.25. The van der Waals surface area contributed by atoms with Crippen LogP contribution in [0, 0.1) is 0 Å². The monoisotopic (exact) mass is 242 g/mol. The van der Waals surface area contributed by atoms with E-state index in [0.29, 0.717) is 12.3 Å². The molecule has 0 heterocycles. The van der Waals surface area contributed by atoms with Gasteiger partial charge in [-0.25, -0.2) is 0 Å². The van der Waals surface area contributed by atoms with Gasteiger partial charge in [0, 0.05) is 18.5 Å². The van der Waals surface area contributed by atoms with E-state index in [2.05, 4.69) is 12.1 Å². The Balaban J connectivity index is 2.50. The van der Waals surface area contributed by atoms with Gasteiger partial charge < -0.3 is 16.2 Å². The van der Waals surface area contributed by atoms with E-state index in [1.807, 2.05) is 24.3 Å². The third kappa shape index (κ3) is 2.63.